The number of nitrogens with zero attached hydrogens (tertiary/aromatic N) is 2. The molecule has 2 fully saturated rings. The summed E-state index contributed by atoms with van der Waals surface area (Å²) >= 11 is 0. The first-order valence-electron chi connectivity index (χ1n) is 12.3. The van der Waals surface area contributed by atoms with Crippen LogP contribution >= 0.6 is 0 Å². The molecule has 33 heavy (non-hydrogen) atoms. The zero-order valence-electron chi connectivity index (χ0n) is 20.5. The van der Waals surface area contributed by atoms with Crippen LogP contribution in [-0.4, -0.2) is 55.0 Å². The van der Waals surface area contributed by atoms with Gasteiger partial charge in [0, 0.05) is 18.3 Å². The summed E-state index contributed by atoms with van der Waals surface area (Å²) in [5.41, 5.74) is 1.41. The maximum absolute atomic E-state index is 13.8. The molecule has 2 aliphatic rings. The van der Waals surface area contributed by atoms with E-state index in [9.17, 15) is 18.0 Å². The summed E-state index contributed by atoms with van der Waals surface area (Å²) in [4.78, 5) is 28.7. The fraction of sp³-hybridized carbons (Fsp3) is 0.680. The molecule has 1 aromatic carbocycles. The molecule has 0 bridgehead atoms. The van der Waals surface area contributed by atoms with Gasteiger partial charge in [-0.2, -0.15) is 4.31 Å². The molecule has 1 saturated heterocycles. The molecule has 184 valence electrons. The lowest BCUT2D eigenvalue weighted by Gasteiger charge is -2.47. The van der Waals surface area contributed by atoms with Crippen molar-refractivity contribution in [3.8, 4) is 0 Å². The maximum atomic E-state index is 13.8. The zero-order chi connectivity index (χ0) is 24.2. The van der Waals surface area contributed by atoms with Crippen LogP contribution in [0.2, 0.25) is 0 Å². The molecule has 1 aliphatic heterocycles. The van der Waals surface area contributed by atoms with Crippen LogP contribution in [0.1, 0.15) is 76.3 Å². The molecule has 8 heteroatoms. The average Bonchev–Trinajstić information content (AvgIpc) is 2.71. The van der Waals surface area contributed by atoms with Crippen molar-refractivity contribution >= 4 is 27.5 Å². The number of carbonyl (C=O) groups is 2. The molecule has 7 nitrogen and oxygen atoms in total. The number of benzene rings is 1. The van der Waals surface area contributed by atoms with E-state index in [4.69, 9.17) is 0 Å². The normalized spacial score (nSPS) is 23.8. The van der Waals surface area contributed by atoms with Crippen LogP contribution in [0.15, 0.2) is 18.2 Å². The van der Waals surface area contributed by atoms with Crippen LogP contribution in [0.4, 0.5) is 5.69 Å². The molecule has 1 atom stereocenters. The summed E-state index contributed by atoms with van der Waals surface area (Å²) in [6, 6.07) is 5.74. The molecule has 1 aliphatic carbocycles. The van der Waals surface area contributed by atoms with Crippen LogP contribution in [0.3, 0.4) is 0 Å². The van der Waals surface area contributed by atoms with E-state index in [-0.39, 0.29) is 36.7 Å². The Morgan fingerprint density at radius 3 is 2.33 bits per heavy atom. The van der Waals surface area contributed by atoms with E-state index < -0.39 is 15.6 Å². The fourth-order valence-corrected chi connectivity index (χ4v) is 6.49. The highest BCUT2D eigenvalue weighted by atomic mass is 32.2. The first-order chi connectivity index (χ1) is 15.6. The zero-order valence-corrected chi connectivity index (χ0v) is 21.3. The van der Waals surface area contributed by atoms with E-state index in [1.54, 1.807) is 13.8 Å². The van der Waals surface area contributed by atoms with Crippen LogP contribution in [0.25, 0.3) is 0 Å². The second-order valence-corrected chi connectivity index (χ2v) is 12.0. The summed E-state index contributed by atoms with van der Waals surface area (Å²) in [6.45, 7) is 7.17. The van der Waals surface area contributed by atoms with E-state index >= 15 is 0 Å². The predicted molar refractivity (Wildman–Crippen MR) is 132 cm³/mol. The van der Waals surface area contributed by atoms with E-state index in [0.717, 1.165) is 36.8 Å². The summed E-state index contributed by atoms with van der Waals surface area (Å²) in [6.07, 6.45) is 7.99. The minimum absolute atomic E-state index is 0.0375. The largest absolute Gasteiger partial charge is 0.351 e. The highest BCUT2D eigenvalue weighted by Crippen LogP contribution is 2.32. The molecule has 3 rings (SSSR count). The number of carbonyl (C=O) groups excluding carboxylic acids is 2. The lowest BCUT2D eigenvalue weighted by molar-refractivity contribution is -0.133. The first-order valence-corrected chi connectivity index (χ1v) is 13.9. The summed E-state index contributed by atoms with van der Waals surface area (Å²) < 4.78 is 27.0. The number of hydrogen-bond acceptors (Lipinski definition) is 4. The molecule has 0 aromatic heterocycles. The van der Waals surface area contributed by atoms with Gasteiger partial charge in [-0.05, 0) is 63.3 Å². The molecular weight excluding hydrogens is 438 g/mol. The van der Waals surface area contributed by atoms with Crippen molar-refractivity contribution in [1.29, 1.82) is 0 Å². The molecule has 0 spiro atoms. The number of nitrogens with one attached hydrogen (secondary N) is 1. The number of aryl methyl sites for hydroxylation is 2. The minimum Gasteiger partial charge on any atom is -0.351 e. The number of piperazine rings is 1. The Kier molecular flexibility index (Phi) is 8.22. The highest BCUT2D eigenvalue weighted by molar-refractivity contribution is 7.89. The lowest BCUT2D eigenvalue weighted by Crippen LogP contribution is -2.71. The van der Waals surface area contributed by atoms with Crippen molar-refractivity contribution < 1.29 is 18.0 Å². The number of anilines is 1. The van der Waals surface area contributed by atoms with Crippen molar-refractivity contribution in [3.05, 3.63) is 29.3 Å². The van der Waals surface area contributed by atoms with E-state index in [1.165, 1.54) is 28.5 Å². The van der Waals surface area contributed by atoms with E-state index in [2.05, 4.69) is 5.32 Å². The first kappa shape index (κ1) is 25.7. The predicted octanol–water partition coefficient (Wildman–Crippen LogP) is 3.68. The van der Waals surface area contributed by atoms with Gasteiger partial charge in [0.15, 0.2) is 0 Å². The molecule has 2 amide bonds. The molecular formula is C25H39N3O4S. The van der Waals surface area contributed by atoms with Gasteiger partial charge in [-0.25, -0.2) is 8.42 Å². The number of rotatable bonds is 6. The smallest absolute Gasteiger partial charge is 0.247 e. The van der Waals surface area contributed by atoms with Crippen LogP contribution in [-0.2, 0) is 19.6 Å². The monoisotopic (exact) mass is 477 g/mol. The van der Waals surface area contributed by atoms with Gasteiger partial charge in [-0.3, -0.25) is 14.5 Å². The minimum atomic E-state index is -3.63. The Hall–Kier alpha value is -1.93. The molecule has 1 unspecified atom stereocenters. The van der Waals surface area contributed by atoms with Gasteiger partial charge >= 0.3 is 0 Å². The van der Waals surface area contributed by atoms with Gasteiger partial charge in [0.2, 0.25) is 21.8 Å². The number of sulfonamides is 1. The Labute approximate surface area is 199 Å². The van der Waals surface area contributed by atoms with Crippen LogP contribution in [0, 0.1) is 13.8 Å². The van der Waals surface area contributed by atoms with Crippen molar-refractivity contribution in [2.45, 2.75) is 90.6 Å². The Bertz CT molecular complexity index is 970. The Balaban J connectivity index is 1.97. The van der Waals surface area contributed by atoms with Crippen molar-refractivity contribution in [1.82, 2.24) is 9.62 Å². The van der Waals surface area contributed by atoms with E-state index in [1.807, 2.05) is 32.0 Å². The number of amides is 2. The maximum Gasteiger partial charge on any atom is 0.247 e. The quantitative estimate of drug-likeness (QED) is 0.677. The average molecular weight is 478 g/mol. The molecule has 1 N–H and O–H groups in total. The highest BCUT2D eigenvalue weighted by Gasteiger charge is 2.51. The van der Waals surface area contributed by atoms with Gasteiger partial charge < -0.3 is 5.32 Å². The summed E-state index contributed by atoms with van der Waals surface area (Å²) in [7, 11) is -3.63. The third kappa shape index (κ3) is 5.77. The third-order valence-corrected chi connectivity index (χ3v) is 9.04. The molecule has 1 aromatic rings. The topological polar surface area (TPSA) is 86.8 Å². The second kappa shape index (κ2) is 10.6. The van der Waals surface area contributed by atoms with Crippen molar-refractivity contribution in [3.63, 3.8) is 0 Å². The second-order valence-electron chi connectivity index (χ2n) is 9.87. The van der Waals surface area contributed by atoms with E-state index in [0.29, 0.717) is 12.1 Å². The van der Waals surface area contributed by atoms with Crippen LogP contribution in [0.5, 0.6) is 0 Å². The summed E-state index contributed by atoms with van der Waals surface area (Å²) in [5, 5.41) is 3.19. The van der Waals surface area contributed by atoms with Gasteiger partial charge in [0.1, 0.15) is 5.54 Å². The van der Waals surface area contributed by atoms with Gasteiger partial charge in [-0.15, -0.1) is 0 Å². The SMILES string of the molecule is CCCS(=O)(=O)N1CC(=O)N(c2ccc(C)c(C)c2)C(C)(C(=O)NC2CCCCCCC2)C1. The fourth-order valence-electron chi connectivity index (χ4n) is 4.96. The van der Waals surface area contributed by atoms with Gasteiger partial charge in [0.05, 0.1) is 12.3 Å². The van der Waals surface area contributed by atoms with Crippen LogP contribution < -0.4 is 10.2 Å². The lowest BCUT2D eigenvalue weighted by atomic mass is 9.91. The van der Waals surface area contributed by atoms with Crippen molar-refractivity contribution in [2.24, 2.45) is 0 Å². The summed E-state index contributed by atoms with van der Waals surface area (Å²) in [5.74, 6) is -0.694. The molecule has 0 radical (unpaired) electrons. The molecule has 1 saturated carbocycles. The van der Waals surface area contributed by atoms with Gasteiger partial charge in [0.25, 0.3) is 0 Å². The Morgan fingerprint density at radius 1 is 1.09 bits per heavy atom. The van der Waals surface area contributed by atoms with Crippen molar-refractivity contribution in [2.75, 3.05) is 23.7 Å². The number of hydrogen-bond donors (Lipinski definition) is 1. The third-order valence-electron chi connectivity index (χ3n) is 7.07. The Morgan fingerprint density at radius 2 is 1.73 bits per heavy atom. The van der Waals surface area contributed by atoms with Gasteiger partial charge in [-0.1, -0.05) is 45.1 Å². The molecule has 1 heterocycles. The standard InChI is InChI=1S/C25H39N3O4S/c1-5-15-33(31,32)27-17-23(29)28(22-14-13-19(2)20(3)16-22)25(4,18-27)24(30)26-21-11-9-7-6-8-10-12-21/h13-14,16,21H,5-12,15,17-18H2,1-4H3,(H,26,30).